The van der Waals surface area contributed by atoms with Crippen LogP contribution in [0.1, 0.15) is 36.7 Å². The first-order chi connectivity index (χ1) is 8.56. The van der Waals surface area contributed by atoms with Crippen LogP contribution in [0.2, 0.25) is 0 Å². The average Bonchev–Trinajstić information content (AvgIpc) is 3.14. The summed E-state index contributed by atoms with van der Waals surface area (Å²) in [4.78, 5) is 9.09. The lowest BCUT2D eigenvalue weighted by Gasteiger charge is -2.12. The molecule has 1 heterocycles. The van der Waals surface area contributed by atoms with Gasteiger partial charge in [-0.2, -0.15) is 0 Å². The molecule has 1 aromatic rings. The first kappa shape index (κ1) is 13.8. The monoisotopic (exact) mass is 265 g/mol. The van der Waals surface area contributed by atoms with Crippen molar-refractivity contribution in [3.63, 3.8) is 0 Å². The zero-order chi connectivity index (χ0) is 13.1. The highest BCUT2D eigenvalue weighted by molar-refractivity contribution is 7.99. The van der Waals surface area contributed by atoms with Gasteiger partial charge < -0.3 is 5.32 Å². The molecule has 3 nitrogen and oxygen atoms in total. The SMILES string of the molecule is Cc1nc(SCC(C)CNC2CC2)nc(C)c1C. The van der Waals surface area contributed by atoms with Crippen molar-refractivity contribution in [3.05, 3.63) is 17.0 Å². The van der Waals surface area contributed by atoms with Gasteiger partial charge in [0.1, 0.15) is 0 Å². The van der Waals surface area contributed by atoms with Gasteiger partial charge in [0.15, 0.2) is 5.16 Å². The Bertz CT molecular complexity index is 392. The van der Waals surface area contributed by atoms with Crippen LogP contribution >= 0.6 is 11.8 Å². The van der Waals surface area contributed by atoms with E-state index >= 15 is 0 Å². The van der Waals surface area contributed by atoms with E-state index in [1.165, 1.54) is 18.4 Å². The highest BCUT2D eigenvalue weighted by Crippen LogP contribution is 2.21. The normalized spacial score (nSPS) is 16.9. The van der Waals surface area contributed by atoms with Crippen LogP contribution in [0.15, 0.2) is 5.16 Å². The Labute approximate surface area is 114 Å². The van der Waals surface area contributed by atoms with E-state index in [4.69, 9.17) is 0 Å². The molecule has 4 heteroatoms. The van der Waals surface area contributed by atoms with E-state index in [1.807, 2.05) is 0 Å². The van der Waals surface area contributed by atoms with Gasteiger partial charge in [-0.05, 0) is 51.6 Å². The second-order valence-electron chi connectivity index (χ2n) is 5.40. The summed E-state index contributed by atoms with van der Waals surface area (Å²) < 4.78 is 0. The highest BCUT2D eigenvalue weighted by atomic mass is 32.2. The Kier molecular flexibility index (Phi) is 4.62. The summed E-state index contributed by atoms with van der Waals surface area (Å²) in [5, 5.41) is 4.50. The van der Waals surface area contributed by atoms with Crippen molar-refractivity contribution in [3.8, 4) is 0 Å². The van der Waals surface area contributed by atoms with Crippen LogP contribution in [0.25, 0.3) is 0 Å². The molecule has 0 amide bonds. The molecule has 100 valence electrons. The second kappa shape index (κ2) is 6.02. The third-order valence-electron chi connectivity index (χ3n) is 3.44. The predicted octanol–water partition coefficient (Wildman–Crippen LogP) is 2.88. The molecule has 0 aliphatic heterocycles. The molecule has 0 spiro atoms. The first-order valence-corrected chi connectivity index (χ1v) is 7.73. The molecule has 1 saturated carbocycles. The molecule has 1 fully saturated rings. The van der Waals surface area contributed by atoms with Crippen LogP contribution < -0.4 is 5.32 Å². The van der Waals surface area contributed by atoms with Crippen LogP contribution in [0.3, 0.4) is 0 Å². The number of thioether (sulfide) groups is 1. The van der Waals surface area contributed by atoms with Gasteiger partial charge in [0.25, 0.3) is 0 Å². The minimum atomic E-state index is 0.668. The molecule has 1 aliphatic carbocycles. The minimum Gasteiger partial charge on any atom is -0.314 e. The molecule has 0 saturated heterocycles. The zero-order valence-corrected chi connectivity index (χ0v) is 12.6. The van der Waals surface area contributed by atoms with Crippen LogP contribution in [-0.4, -0.2) is 28.3 Å². The van der Waals surface area contributed by atoms with Crippen LogP contribution in [0.5, 0.6) is 0 Å². The summed E-state index contributed by atoms with van der Waals surface area (Å²) in [6.45, 7) is 9.61. The van der Waals surface area contributed by atoms with E-state index in [9.17, 15) is 0 Å². The summed E-state index contributed by atoms with van der Waals surface area (Å²) in [6.07, 6.45) is 2.72. The van der Waals surface area contributed by atoms with Gasteiger partial charge in [-0.1, -0.05) is 18.7 Å². The number of rotatable bonds is 6. The Morgan fingerprint density at radius 1 is 1.22 bits per heavy atom. The van der Waals surface area contributed by atoms with Gasteiger partial charge in [-0.15, -0.1) is 0 Å². The van der Waals surface area contributed by atoms with E-state index in [2.05, 4.69) is 43.0 Å². The molecule has 0 aromatic carbocycles. The van der Waals surface area contributed by atoms with Gasteiger partial charge in [0.2, 0.25) is 0 Å². The number of hydrogen-bond acceptors (Lipinski definition) is 4. The molecule has 0 radical (unpaired) electrons. The van der Waals surface area contributed by atoms with Crippen molar-refractivity contribution in [2.45, 2.75) is 51.7 Å². The van der Waals surface area contributed by atoms with E-state index in [0.717, 1.165) is 34.9 Å². The second-order valence-corrected chi connectivity index (χ2v) is 6.39. The standard InChI is InChI=1S/C14H23N3S/c1-9(7-15-13-5-6-13)8-18-14-16-11(3)10(2)12(4)17-14/h9,13,15H,5-8H2,1-4H3. The number of aryl methyl sites for hydroxylation is 2. The highest BCUT2D eigenvalue weighted by Gasteiger charge is 2.20. The molecule has 2 rings (SSSR count). The molecule has 18 heavy (non-hydrogen) atoms. The molecular formula is C14H23N3S. The van der Waals surface area contributed by atoms with Crippen molar-refractivity contribution in [1.29, 1.82) is 0 Å². The summed E-state index contributed by atoms with van der Waals surface area (Å²) in [5.74, 6) is 1.75. The van der Waals surface area contributed by atoms with Crippen molar-refractivity contribution < 1.29 is 0 Å². The Morgan fingerprint density at radius 3 is 2.39 bits per heavy atom. The fraction of sp³-hybridized carbons (Fsp3) is 0.714. The van der Waals surface area contributed by atoms with Gasteiger partial charge in [-0.3, -0.25) is 0 Å². The maximum Gasteiger partial charge on any atom is 0.188 e. The molecule has 1 aliphatic rings. The van der Waals surface area contributed by atoms with Crippen molar-refractivity contribution >= 4 is 11.8 Å². The fourth-order valence-electron chi connectivity index (χ4n) is 1.74. The Morgan fingerprint density at radius 2 is 1.83 bits per heavy atom. The Hall–Kier alpha value is -0.610. The third-order valence-corrected chi connectivity index (χ3v) is 4.62. The lowest BCUT2D eigenvalue weighted by molar-refractivity contribution is 0.556. The van der Waals surface area contributed by atoms with Gasteiger partial charge in [-0.25, -0.2) is 9.97 Å². The number of nitrogens with one attached hydrogen (secondary N) is 1. The third kappa shape index (κ3) is 3.95. The first-order valence-electron chi connectivity index (χ1n) is 6.74. The molecular weight excluding hydrogens is 242 g/mol. The summed E-state index contributed by atoms with van der Waals surface area (Å²) >= 11 is 1.78. The van der Waals surface area contributed by atoms with Crippen molar-refractivity contribution in [2.75, 3.05) is 12.3 Å². The Balaban J connectivity index is 1.81. The van der Waals surface area contributed by atoms with E-state index in [-0.39, 0.29) is 0 Å². The number of hydrogen-bond donors (Lipinski definition) is 1. The number of nitrogens with zero attached hydrogens (tertiary/aromatic N) is 2. The van der Waals surface area contributed by atoms with Crippen molar-refractivity contribution in [2.24, 2.45) is 5.92 Å². The smallest absolute Gasteiger partial charge is 0.188 e. The maximum absolute atomic E-state index is 4.54. The van der Waals surface area contributed by atoms with Crippen LogP contribution in [0, 0.1) is 26.7 Å². The predicted molar refractivity (Wildman–Crippen MR) is 77.2 cm³/mol. The molecule has 0 bridgehead atoms. The quantitative estimate of drug-likeness (QED) is 0.634. The number of aromatic nitrogens is 2. The summed E-state index contributed by atoms with van der Waals surface area (Å²) in [6, 6.07) is 0.803. The van der Waals surface area contributed by atoms with Crippen LogP contribution in [0.4, 0.5) is 0 Å². The van der Waals surface area contributed by atoms with E-state index < -0.39 is 0 Å². The van der Waals surface area contributed by atoms with Gasteiger partial charge in [0.05, 0.1) is 0 Å². The van der Waals surface area contributed by atoms with Crippen molar-refractivity contribution in [1.82, 2.24) is 15.3 Å². The molecule has 1 aromatic heterocycles. The largest absolute Gasteiger partial charge is 0.314 e. The van der Waals surface area contributed by atoms with E-state index in [0.29, 0.717) is 5.92 Å². The van der Waals surface area contributed by atoms with Crippen LogP contribution in [-0.2, 0) is 0 Å². The van der Waals surface area contributed by atoms with Gasteiger partial charge >= 0.3 is 0 Å². The summed E-state index contributed by atoms with van der Waals surface area (Å²) in [5.41, 5.74) is 3.42. The minimum absolute atomic E-state index is 0.668. The molecule has 1 unspecified atom stereocenters. The fourth-order valence-corrected chi connectivity index (χ4v) is 2.69. The lowest BCUT2D eigenvalue weighted by atomic mass is 10.2. The molecule has 1 atom stereocenters. The topological polar surface area (TPSA) is 37.8 Å². The average molecular weight is 265 g/mol. The maximum atomic E-state index is 4.54. The summed E-state index contributed by atoms with van der Waals surface area (Å²) in [7, 11) is 0. The molecule has 1 N–H and O–H groups in total. The van der Waals surface area contributed by atoms with E-state index in [1.54, 1.807) is 11.8 Å². The zero-order valence-electron chi connectivity index (χ0n) is 11.8. The van der Waals surface area contributed by atoms with Gasteiger partial charge in [0, 0.05) is 23.2 Å². The lowest BCUT2D eigenvalue weighted by Crippen LogP contribution is -2.24.